The van der Waals surface area contributed by atoms with Crippen LogP contribution in [0.1, 0.15) is 88.6 Å². The summed E-state index contributed by atoms with van der Waals surface area (Å²) in [7, 11) is 0. The van der Waals surface area contributed by atoms with Gasteiger partial charge in [-0.2, -0.15) is 4.98 Å². The molecule has 1 unspecified atom stereocenters. The Hall–Kier alpha value is -1.76. The summed E-state index contributed by atoms with van der Waals surface area (Å²) < 4.78 is 5.72. The number of hydrogen-bond donors (Lipinski definition) is 1. The Labute approximate surface area is 178 Å². The van der Waals surface area contributed by atoms with Crippen LogP contribution in [0.2, 0.25) is 0 Å². The molecule has 6 rings (SSSR count). The van der Waals surface area contributed by atoms with Gasteiger partial charge >= 0.3 is 0 Å². The first kappa shape index (κ1) is 20.2. The first-order valence-electron chi connectivity index (χ1n) is 11.7. The summed E-state index contributed by atoms with van der Waals surface area (Å²) in [6.45, 7) is 6.92. The molecule has 0 aromatic carbocycles. The lowest BCUT2D eigenvalue weighted by Gasteiger charge is -2.55. The predicted octanol–water partition coefficient (Wildman–Crippen LogP) is 3.10. The molecule has 7 nitrogen and oxygen atoms in total. The minimum Gasteiger partial charge on any atom is -0.338 e. The minimum atomic E-state index is -0.471. The van der Waals surface area contributed by atoms with Crippen molar-refractivity contribution in [3.05, 3.63) is 11.7 Å². The van der Waals surface area contributed by atoms with Crippen molar-refractivity contribution in [2.45, 2.75) is 89.1 Å². The Morgan fingerprint density at radius 3 is 2.37 bits per heavy atom. The smallest absolute Gasteiger partial charge is 0.240 e. The predicted molar refractivity (Wildman–Crippen MR) is 111 cm³/mol. The molecule has 7 heteroatoms. The van der Waals surface area contributed by atoms with E-state index in [-0.39, 0.29) is 35.0 Å². The molecule has 1 atom stereocenters. The highest BCUT2D eigenvalue weighted by atomic mass is 16.5. The summed E-state index contributed by atoms with van der Waals surface area (Å²) in [4.78, 5) is 32.3. The van der Waals surface area contributed by atoms with Crippen molar-refractivity contribution in [3.8, 4) is 0 Å². The third kappa shape index (κ3) is 3.59. The second-order valence-corrected chi connectivity index (χ2v) is 11.3. The number of nitrogens with zero attached hydrogens (tertiary/aromatic N) is 3. The average Bonchev–Trinajstić information content (AvgIpc) is 3.34. The first-order chi connectivity index (χ1) is 14.2. The Morgan fingerprint density at radius 2 is 1.77 bits per heavy atom. The molecule has 1 saturated heterocycles. The summed E-state index contributed by atoms with van der Waals surface area (Å²) in [6.07, 6.45) is 8.92. The van der Waals surface area contributed by atoms with E-state index in [9.17, 15) is 9.59 Å². The van der Waals surface area contributed by atoms with Gasteiger partial charge in [0.2, 0.25) is 23.4 Å². The van der Waals surface area contributed by atoms with Crippen LogP contribution in [0.4, 0.5) is 0 Å². The highest BCUT2D eigenvalue weighted by Crippen LogP contribution is 2.60. The van der Waals surface area contributed by atoms with Gasteiger partial charge in [-0.05, 0) is 89.9 Å². The van der Waals surface area contributed by atoms with Crippen LogP contribution in [-0.2, 0) is 10.2 Å². The molecule has 4 aliphatic carbocycles. The van der Waals surface area contributed by atoms with Crippen molar-refractivity contribution in [1.82, 2.24) is 20.4 Å². The number of aromatic nitrogens is 2. The van der Waals surface area contributed by atoms with E-state index in [0.29, 0.717) is 18.9 Å². The van der Waals surface area contributed by atoms with E-state index in [1.807, 2.05) is 20.8 Å². The normalized spacial score (nSPS) is 35.2. The Morgan fingerprint density at radius 1 is 1.13 bits per heavy atom. The van der Waals surface area contributed by atoms with Crippen molar-refractivity contribution >= 4 is 11.7 Å². The molecule has 1 aliphatic heterocycles. The molecule has 4 bridgehead atoms. The van der Waals surface area contributed by atoms with E-state index in [1.165, 1.54) is 19.3 Å². The topological polar surface area (TPSA) is 88.3 Å². The Bertz CT molecular complexity index is 804. The molecule has 1 aromatic heterocycles. The van der Waals surface area contributed by atoms with Crippen molar-refractivity contribution in [2.75, 3.05) is 13.1 Å². The number of amides is 1. The van der Waals surface area contributed by atoms with Crippen molar-refractivity contribution in [2.24, 2.45) is 17.8 Å². The molecule has 5 aliphatic rings. The van der Waals surface area contributed by atoms with Crippen LogP contribution in [0.15, 0.2) is 4.52 Å². The van der Waals surface area contributed by atoms with Gasteiger partial charge in [-0.3, -0.25) is 9.59 Å². The van der Waals surface area contributed by atoms with E-state index in [0.717, 1.165) is 43.4 Å². The Balaban J connectivity index is 1.30. The standard InChI is InChI=1S/C23H34N4O3/c1-22(2,3)24-13-18(28)27-6-4-5-17(27)19(29)20-25-21(30-26-20)23-10-14-7-15(11-23)9-16(8-14)12-23/h14-17,24H,4-13H2,1-3H3. The molecule has 5 fully saturated rings. The lowest BCUT2D eigenvalue weighted by molar-refractivity contribution is -0.130. The third-order valence-corrected chi connectivity index (χ3v) is 7.78. The summed E-state index contributed by atoms with van der Waals surface area (Å²) in [6, 6.07) is -0.471. The van der Waals surface area contributed by atoms with Crippen LogP contribution in [0.5, 0.6) is 0 Å². The van der Waals surface area contributed by atoms with E-state index < -0.39 is 6.04 Å². The molecule has 164 valence electrons. The quantitative estimate of drug-likeness (QED) is 0.745. The molecule has 0 radical (unpaired) electrons. The van der Waals surface area contributed by atoms with E-state index in [2.05, 4.69) is 15.5 Å². The molecule has 1 aromatic rings. The van der Waals surface area contributed by atoms with Crippen LogP contribution in [0, 0.1) is 17.8 Å². The lowest BCUT2D eigenvalue weighted by Crippen LogP contribution is -2.49. The van der Waals surface area contributed by atoms with Gasteiger partial charge in [0.15, 0.2) is 0 Å². The van der Waals surface area contributed by atoms with E-state index in [4.69, 9.17) is 4.52 Å². The largest absolute Gasteiger partial charge is 0.338 e. The number of rotatable bonds is 5. The van der Waals surface area contributed by atoms with Crippen molar-refractivity contribution in [3.63, 3.8) is 0 Å². The summed E-state index contributed by atoms with van der Waals surface area (Å²) in [5.41, 5.74) is -0.155. The molecular formula is C23H34N4O3. The zero-order valence-corrected chi connectivity index (χ0v) is 18.4. The van der Waals surface area contributed by atoms with Gasteiger partial charge in [-0.15, -0.1) is 0 Å². The molecule has 0 spiro atoms. The number of nitrogens with one attached hydrogen (secondary N) is 1. The number of likely N-dealkylation sites (tertiary alicyclic amines) is 1. The van der Waals surface area contributed by atoms with Gasteiger partial charge in [-0.1, -0.05) is 5.16 Å². The number of Topliss-reactive ketones (excluding diaryl/α,β-unsaturated/α-hetero) is 1. The van der Waals surface area contributed by atoms with Crippen molar-refractivity contribution < 1.29 is 14.1 Å². The highest BCUT2D eigenvalue weighted by Gasteiger charge is 2.54. The molecule has 2 heterocycles. The van der Waals surface area contributed by atoms with Gasteiger partial charge in [0.1, 0.15) is 0 Å². The fraction of sp³-hybridized carbons (Fsp3) is 0.826. The Kier molecular flexibility index (Phi) is 4.80. The maximum absolute atomic E-state index is 13.2. The molecule has 4 saturated carbocycles. The average molecular weight is 415 g/mol. The molecule has 1 amide bonds. The zero-order chi connectivity index (χ0) is 21.1. The van der Waals surface area contributed by atoms with Crippen LogP contribution in [-0.4, -0.2) is 51.4 Å². The van der Waals surface area contributed by atoms with E-state index in [1.54, 1.807) is 4.90 Å². The molecule has 30 heavy (non-hydrogen) atoms. The SMILES string of the molecule is CC(C)(C)NCC(=O)N1CCCC1C(=O)c1noc(C23CC4CC(CC(C4)C2)C3)n1. The van der Waals surface area contributed by atoms with Crippen LogP contribution >= 0.6 is 0 Å². The van der Waals surface area contributed by atoms with Gasteiger partial charge in [0.05, 0.1) is 18.0 Å². The zero-order valence-electron chi connectivity index (χ0n) is 18.4. The fourth-order valence-electron chi connectivity index (χ4n) is 6.84. The molecular weight excluding hydrogens is 380 g/mol. The highest BCUT2D eigenvalue weighted by molar-refractivity contribution is 5.99. The van der Waals surface area contributed by atoms with Crippen molar-refractivity contribution in [1.29, 1.82) is 0 Å². The van der Waals surface area contributed by atoms with E-state index >= 15 is 0 Å². The van der Waals surface area contributed by atoms with Gasteiger partial charge in [-0.25, -0.2) is 0 Å². The second-order valence-electron chi connectivity index (χ2n) is 11.3. The summed E-state index contributed by atoms with van der Waals surface area (Å²) in [5.74, 6) is 2.97. The minimum absolute atomic E-state index is 0.0118. The number of carbonyl (C=O) groups is 2. The van der Waals surface area contributed by atoms with Gasteiger partial charge in [0.25, 0.3) is 0 Å². The van der Waals surface area contributed by atoms with Gasteiger partial charge in [0, 0.05) is 12.1 Å². The number of ketones is 1. The maximum atomic E-state index is 13.2. The fourth-order valence-corrected chi connectivity index (χ4v) is 6.84. The lowest BCUT2D eigenvalue weighted by atomic mass is 9.49. The molecule has 1 N–H and O–H groups in total. The second kappa shape index (κ2) is 7.14. The maximum Gasteiger partial charge on any atom is 0.240 e. The number of carbonyl (C=O) groups excluding carboxylic acids is 2. The van der Waals surface area contributed by atoms with Crippen LogP contribution < -0.4 is 5.32 Å². The van der Waals surface area contributed by atoms with Gasteiger partial charge < -0.3 is 14.7 Å². The monoisotopic (exact) mass is 414 g/mol. The third-order valence-electron chi connectivity index (χ3n) is 7.78. The summed E-state index contributed by atoms with van der Waals surface area (Å²) >= 11 is 0. The number of hydrogen-bond acceptors (Lipinski definition) is 6. The van der Waals surface area contributed by atoms with Crippen LogP contribution in [0.25, 0.3) is 0 Å². The van der Waals surface area contributed by atoms with Crippen LogP contribution in [0.3, 0.4) is 0 Å². The first-order valence-corrected chi connectivity index (χ1v) is 11.7. The summed E-state index contributed by atoms with van der Waals surface area (Å²) in [5, 5.41) is 7.33.